The van der Waals surface area contributed by atoms with Crippen molar-refractivity contribution in [2.24, 2.45) is 0 Å². The number of methoxy groups -OCH3 is 1. The van der Waals surface area contributed by atoms with Crippen molar-refractivity contribution in [3.8, 4) is 5.75 Å². The molecule has 33 heavy (non-hydrogen) atoms. The van der Waals surface area contributed by atoms with Gasteiger partial charge in [0.2, 0.25) is 5.91 Å². The second-order valence-electron chi connectivity index (χ2n) is 9.51. The molecule has 2 fully saturated rings. The fraction of sp³-hybridized carbons (Fsp3) is 0.519. The number of piperazine rings is 2. The third-order valence-electron chi connectivity index (χ3n) is 6.95. The Morgan fingerprint density at radius 3 is 2.00 bits per heavy atom. The van der Waals surface area contributed by atoms with E-state index in [1.165, 1.54) is 16.8 Å². The van der Waals surface area contributed by atoms with Gasteiger partial charge in [0.1, 0.15) is 5.75 Å². The molecule has 2 aromatic rings. The molecule has 2 aromatic carbocycles. The lowest BCUT2D eigenvalue weighted by Crippen LogP contribution is -2.53. The number of hydrogen-bond donors (Lipinski definition) is 0. The maximum Gasteiger partial charge on any atom is 0.236 e. The quantitative estimate of drug-likeness (QED) is 0.647. The minimum Gasteiger partial charge on any atom is -0.497 e. The molecule has 0 spiro atoms. The van der Waals surface area contributed by atoms with Gasteiger partial charge in [0, 0.05) is 64.6 Å². The lowest BCUT2D eigenvalue weighted by atomic mass is 10.0. The summed E-state index contributed by atoms with van der Waals surface area (Å²) in [4.78, 5) is 22.1. The van der Waals surface area contributed by atoms with Gasteiger partial charge < -0.3 is 14.5 Å². The fourth-order valence-electron chi connectivity index (χ4n) is 4.67. The molecule has 0 radical (unpaired) electrons. The van der Waals surface area contributed by atoms with E-state index in [0.29, 0.717) is 12.5 Å². The number of carbonyl (C=O) groups is 1. The summed E-state index contributed by atoms with van der Waals surface area (Å²) < 4.78 is 5.25. The van der Waals surface area contributed by atoms with Crippen molar-refractivity contribution in [3.63, 3.8) is 0 Å². The Morgan fingerprint density at radius 2 is 1.42 bits per heavy atom. The van der Waals surface area contributed by atoms with E-state index in [-0.39, 0.29) is 5.91 Å². The van der Waals surface area contributed by atoms with E-state index in [1.54, 1.807) is 7.11 Å². The smallest absolute Gasteiger partial charge is 0.236 e. The fourth-order valence-corrected chi connectivity index (χ4v) is 4.67. The highest BCUT2D eigenvalue weighted by molar-refractivity contribution is 5.78. The van der Waals surface area contributed by atoms with Gasteiger partial charge in [-0.3, -0.25) is 14.6 Å². The minimum atomic E-state index is 0.266. The van der Waals surface area contributed by atoms with E-state index in [1.807, 2.05) is 17.0 Å². The summed E-state index contributed by atoms with van der Waals surface area (Å²) in [5.74, 6) is 1.71. The van der Waals surface area contributed by atoms with E-state index in [0.717, 1.165) is 64.7 Å². The molecular weight excluding hydrogens is 412 g/mol. The van der Waals surface area contributed by atoms with Crippen LogP contribution in [0.4, 0.5) is 5.69 Å². The number of benzene rings is 2. The first-order chi connectivity index (χ1) is 16.0. The van der Waals surface area contributed by atoms with Gasteiger partial charge in [-0.2, -0.15) is 0 Å². The van der Waals surface area contributed by atoms with Gasteiger partial charge in [-0.25, -0.2) is 0 Å². The molecule has 2 saturated heterocycles. The van der Waals surface area contributed by atoms with Gasteiger partial charge >= 0.3 is 0 Å². The Kier molecular flexibility index (Phi) is 7.89. The highest BCUT2D eigenvalue weighted by atomic mass is 16.5. The third-order valence-corrected chi connectivity index (χ3v) is 6.95. The number of hydrogen-bond acceptors (Lipinski definition) is 5. The van der Waals surface area contributed by atoms with Crippen LogP contribution in [0.3, 0.4) is 0 Å². The van der Waals surface area contributed by atoms with Crippen LogP contribution in [-0.2, 0) is 11.3 Å². The molecule has 4 rings (SSSR count). The molecular formula is C27H38N4O2. The van der Waals surface area contributed by atoms with Crippen LogP contribution in [0.1, 0.15) is 30.9 Å². The Bertz CT molecular complexity index is 881. The van der Waals surface area contributed by atoms with Gasteiger partial charge in [-0.15, -0.1) is 0 Å². The van der Waals surface area contributed by atoms with Crippen molar-refractivity contribution in [2.75, 3.05) is 70.9 Å². The SMILES string of the molecule is COc1ccc(N2CCN(C(=O)CN3CCN(Cc4ccc(C(C)C)cc4)CC3)CC2)cc1. The zero-order valence-corrected chi connectivity index (χ0v) is 20.4. The summed E-state index contributed by atoms with van der Waals surface area (Å²) in [5, 5.41) is 0. The van der Waals surface area contributed by atoms with Crippen LogP contribution in [0, 0.1) is 0 Å². The molecule has 6 nitrogen and oxygen atoms in total. The van der Waals surface area contributed by atoms with Crippen molar-refractivity contribution < 1.29 is 9.53 Å². The van der Waals surface area contributed by atoms with Gasteiger partial charge in [0.25, 0.3) is 0 Å². The Labute approximate surface area is 198 Å². The maximum absolute atomic E-state index is 12.9. The molecule has 1 amide bonds. The highest BCUT2D eigenvalue weighted by Crippen LogP contribution is 2.21. The van der Waals surface area contributed by atoms with Gasteiger partial charge in [-0.05, 0) is 41.3 Å². The van der Waals surface area contributed by atoms with Gasteiger partial charge in [0.05, 0.1) is 13.7 Å². The summed E-state index contributed by atoms with van der Waals surface area (Å²) >= 11 is 0. The van der Waals surface area contributed by atoms with E-state index >= 15 is 0 Å². The zero-order valence-electron chi connectivity index (χ0n) is 20.4. The topological polar surface area (TPSA) is 39.3 Å². The largest absolute Gasteiger partial charge is 0.497 e. The van der Waals surface area contributed by atoms with Crippen LogP contribution in [-0.4, -0.2) is 86.6 Å². The number of anilines is 1. The van der Waals surface area contributed by atoms with Crippen molar-refractivity contribution >= 4 is 11.6 Å². The Balaban J connectivity index is 1.18. The molecule has 2 aliphatic heterocycles. The first-order valence-electron chi connectivity index (χ1n) is 12.2. The molecule has 0 saturated carbocycles. The molecule has 6 heteroatoms. The van der Waals surface area contributed by atoms with E-state index in [9.17, 15) is 4.79 Å². The lowest BCUT2D eigenvalue weighted by Gasteiger charge is -2.38. The van der Waals surface area contributed by atoms with E-state index in [2.05, 4.69) is 64.9 Å². The molecule has 2 heterocycles. The van der Waals surface area contributed by atoms with Crippen LogP contribution in [0.2, 0.25) is 0 Å². The van der Waals surface area contributed by atoms with E-state index < -0.39 is 0 Å². The summed E-state index contributed by atoms with van der Waals surface area (Å²) in [5.41, 5.74) is 3.96. The second kappa shape index (κ2) is 11.0. The van der Waals surface area contributed by atoms with E-state index in [4.69, 9.17) is 4.74 Å². The monoisotopic (exact) mass is 450 g/mol. The molecule has 0 bridgehead atoms. The number of nitrogens with zero attached hydrogens (tertiary/aromatic N) is 4. The average Bonchev–Trinajstić information content (AvgIpc) is 2.86. The molecule has 178 valence electrons. The Morgan fingerprint density at radius 1 is 0.818 bits per heavy atom. The summed E-state index contributed by atoms with van der Waals surface area (Å²) in [6.07, 6.45) is 0. The standard InChI is InChI=1S/C27H38N4O2/c1-22(2)24-6-4-23(5-7-24)20-28-12-14-29(15-13-28)21-27(32)31-18-16-30(17-19-31)25-8-10-26(33-3)11-9-25/h4-11,22H,12-21H2,1-3H3. The second-order valence-corrected chi connectivity index (χ2v) is 9.51. The van der Waals surface area contributed by atoms with Gasteiger partial charge in [-0.1, -0.05) is 38.1 Å². The maximum atomic E-state index is 12.9. The molecule has 0 unspecified atom stereocenters. The van der Waals surface area contributed by atoms with Crippen molar-refractivity contribution in [1.29, 1.82) is 0 Å². The Hall–Kier alpha value is -2.57. The zero-order chi connectivity index (χ0) is 23.2. The molecule has 0 atom stereocenters. The first kappa shape index (κ1) is 23.6. The van der Waals surface area contributed by atoms with Gasteiger partial charge in [0.15, 0.2) is 0 Å². The van der Waals surface area contributed by atoms with Crippen LogP contribution >= 0.6 is 0 Å². The van der Waals surface area contributed by atoms with Crippen molar-refractivity contribution in [3.05, 3.63) is 59.7 Å². The summed E-state index contributed by atoms with van der Waals surface area (Å²) in [6, 6.07) is 17.2. The molecule has 0 aromatic heterocycles. The van der Waals surface area contributed by atoms with Crippen LogP contribution < -0.4 is 9.64 Å². The van der Waals surface area contributed by atoms with Crippen LogP contribution in [0.5, 0.6) is 5.75 Å². The van der Waals surface area contributed by atoms with Crippen molar-refractivity contribution in [2.45, 2.75) is 26.3 Å². The number of carbonyl (C=O) groups excluding carboxylic acids is 1. The molecule has 0 aliphatic carbocycles. The predicted molar refractivity (Wildman–Crippen MR) is 134 cm³/mol. The van der Waals surface area contributed by atoms with Crippen LogP contribution in [0.25, 0.3) is 0 Å². The predicted octanol–water partition coefficient (Wildman–Crippen LogP) is 3.29. The summed E-state index contributed by atoms with van der Waals surface area (Å²) in [7, 11) is 1.69. The molecule has 2 aliphatic rings. The number of ether oxygens (including phenoxy) is 1. The van der Waals surface area contributed by atoms with Crippen LogP contribution in [0.15, 0.2) is 48.5 Å². The number of amides is 1. The highest BCUT2D eigenvalue weighted by Gasteiger charge is 2.25. The van der Waals surface area contributed by atoms with Crippen molar-refractivity contribution in [1.82, 2.24) is 14.7 Å². The lowest BCUT2D eigenvalue weighted by molar-refractivity contribution is -0.133. The first-order valence-corrected chi connectivity index (χ1v) is 12.2. The summed E-state index contributed by atoms with van der Waals surface area (Å²) in [6.45, 7) is 13.3. The normalized spacial score (nSPS) is 18.1. The third kappa shape index (κ3) is 6.27. The number of rotatable bonds is 7. The minimum absolute atomic E-state index is 0.266. The molecule has 0 N–H and O–H groups in total. The average molecular weight is 451 g/mol.